The number of morpholine rings is 1. The first-order valence-corrected chi connectivity index (χ1v) is 10.8. The number of ether oxygens (including phenoxy) is 1. The first-order valence-electron chi connectivity index (χ1n) is 10.8. The maximum absolute atomic E-state index is 13.4. The van der Waals surface area contributed by atoms with Gasteiger partial charge >= 0.3 is 0 Å². The number of rotatable bonds is 4. The lowest BCUT2D eigenvalue weighted by atomic mass is 9.93. The molecule has 0 saturated carbocycles. The summed E-state index contributed by atoms with van der Waals surface area (Å²) in [5.41, 5.74) is 0.917. The van der Waals surface area contributed by atoms with Crippen LogP contribution in [0.4, 0.5) is 0 Å². The predicted octanol–water partition coefficient (Wildman–Crippen LogP) is 2.35. The smallest absolute Gasteiger partial charge is 0.252 e. The largest absolute Gasteiger partial charge is 0.372 e. The molecular weight excluding hydrogens is 380 g/mol. The molecule has 2 amide bonds. The van der Waals surface area contributed by atoms with Crippen molar-refractivity contribution in [3.8, 4) is 0 Å². The summed E-state index contributed by atoms with van der Waals surface area (Å²) in [7, 11) is 0. The van der Waals surface area contributed by atoms with Crippen LogP contribution in [-0.4, -0.2) is 69.8 Å². The number of likely N-dealkylation sites (tertiary alicyclic amines) is 1. The van der Waals surface area contributed by atoms with Crippen LogP contribution in [0.15, 0.2) is 48.8 Å². The Morgan fingerprint density at radius 3 is 2.27 bits per heavy atom. The molecule has 2 aliphatic rings. The SMILES string of the molecule is CC1CN(C(=O)C2CCN(C(=O)C(c3ccccc3)n3cccn3)CC2)CC(C)O1. The van der Waals surface area contributed by atoms with Gasteiger partial charge in [-0.1, -0.05) is 30.3 Å². The Morgan fingerprint density at radius 2 is 1.67 bits per heavy atom. The lowest BCUT2D eigenvalue weighted by Crippen LogP contribution is -2.52. The molecule has 0 radical (unpaired) electrons. The highest BCUT2D eigenvalue weighted by Gasteiger charge is 2.35. The second-order valence-corrected chi connectivity index (χ2v) is 8.40. The number of nitrogens with zero attached hydrogens (tertiary/aromatic N) is 4. The van der Waals surface area contributed by atoms with Gasteiger partial charge in [0.25, 0.3) is 5.91 Å². The predicted molar refractivity (Wildman–Crippen MR) is 113 cm³/mol. The Balaban J connectivity index is 1.41. The van der Waals surface area contributed by atoms with E-state index in [-0.39, 0.29) is 29.9 Å². The van der Waals surface area contributed by atoms with Crippen molar-refractivity contribution < 1.29 is 14.3 Å². The molecule has 7 heteroatoms. The number of benzene rings is 1. The van der Waals surface area contributed by atoms with E-state index in [1.54, 1.807) is 10.9 Å². The highest BCUT2D eigenvalue weighted by atomic mass is 16.5. The Hall–Kier alpha value is -2.67. The van der Waals surface area contributed by atoms with Crippen molar-refractivity contribution in [1.82, 2.24) is 19.6 Å². The number of carbonyl (C=O) groups excluding carboxylic acids is 2. The topological polar surface area (TPSA) is 67.7 Å². The summed E-state index contributed by atoms with van der Waals surface area (Å²) in [5, 5.41) is 4.32. The van der Waals surface area contributed by atoms with E-state index in [0.29, 0.717) is 39.0 Å². The van der Waals surface area contributed by atoms with E-state index in [2.05, 4.69) is 5.10 Å². The molecule has 0 aliphatic carbocycles. The molecule has 0 N–H and O–H groups in total. The number of amides is 2. The standard InChI is InChI=1S/C23H30N4O3/c1-17-15-26(16-18(2)30-17)22(28)20-9-13-25(14-10-20)23(29)21(27-12-6-11-24-27)19-7-4-3-5-8-19/h3-8,11-12,17-18,20-21H,9-10,13-16H2,1-2H3. The second-order valence-electron chi connectivity index (χ2n) is 8.40. The Bertz CT molecular complexity index is 837. The Kier molecular flexibility index (Phi) is 6.18. The Morgan fingerprint density at radius 1 is 1.00 bits per heavy atom. The van der Waals surface area contributed by atoms with Crippen LogP contribution >= 0.6 is 0 Å². The van der Waals surface area contributed by atoms with Crippen molar-refractivity contribution in [2.24, 2.45) is 5.92 Å². The van der Waals surface area contributed by atoms with Crippen LogP contribution in [0.1, 0.15) is 38.3 Å². The summed E-state index contributed by atoms with van der Waals surface area (Å²) < 4.78 is 7.46. The van der Waals surface area contributed by atoms with E-state index >= 15 is 0 Å². The highest BCUT2D eigenvalue weighted by Crippen LogP contribution is 2.26. The van der Waals surface area contributed by atoms with Crippen LogP contribution in [0.3, 0.4) is 0 Å². The summed E-state index contributed by atoms with van der Waals surface area (Å²) in [6, 6.07) is 11.1. The zero-order valence-electron chi connectivity index (χ0n) is 17.7. The van der Waals surface area contributed by atoms with E-state index in [1.807, 2.05) is 66.2 Å². The van der Waals surface area contributed by atoms with Crippen LogP contribution in [0.2, 0.25) is 0 Å². The molecule has 3 heterocycles. The summed E-state index contributed by atoms with van der Waals surface area (Å²) >= 11 is 0. The van der Waals surface area contributed by atoms with Crippen molar-refractivity contribution in [2.45, 2.75) is 44.9 Å². The van der Waals surface area contributed by atoms with Gasteiger partial charge in [-0.05, 0) is 38.3 Å². The van der Waals surface area contributed by atoms with Crippen molar-refractivity contribution in [1.29, 1.82) is 0 Å². The third-order valence-corrected chi connectivity index (χ3v) is 6.03. The van der Waals surface area contributed by atoms with Gasteiger partial charge < -0.3 is 14.5 Å². The third-order valence-electron chi connectivity index (χ3n) is 6.03. The van der Waals surface area contributed by atoms with E-state index in [4.69, 9.17) is 4.74 Å². The van der Waals surface area contributed by atoms with Gasteiger partial charge in [0.1, 0.15) is 0 Å². The van der Waals surface area contributed by atoms with E-state index < -0.39 is 6.04 Å². The molecule has 2 aliphatic heterocycles. The average molecular weight is 411 g/mol. The van der Waals surface area contributed by atoms with Crippen molar-refractivity contribution >= 4 is 11.8 Å². The van der Waals surface area contributed by atoms with Crippen molar-refractivity contribution in [3.05, 3.63) is 54.4 Å². The summed E-state index contributed by atoms with van der Waals surface area (Å²) in [6.45, 7) is 6.51. The van der Waals surface area contributed by atoms with E-state index in [1.165, 1.54) is 0 Å². The first-order chi connectivity index (χ1) is 14.5. The zero-order chi connectivity index (χ0) is 21.1. The second kappa shape index (κ2) is 9.00. The fraction of sp³-hybridized carbons (Fsp3) is 0.522. The first kappa shape index (κ1) is 20.6. The fourth-order valence-corrected chi connectivity index (χ4v) is 4.61. The quantitative estimate of drug-likeness (QED) is 0.776. The van der Waals surface area contributed by atoms with Crippen LogP contribution in [0.25, 0.3) is 0 Å². The highest BCUT2D eigenvalue weighted by molar-refractivity contribution is 5.84. The minimum Gasteiger partial charge on any atom is -0.372 e. The number of piperidine rings is 1. The minimum absolute atomic E-state index is 0.0218. The molecule has 2 fully saturated rings. The molecule has 2 aromatic rings. The maximum Gasteiger partial charge on any atom is 0.252 e. The van der Waals surface area contributed by atoms with E-state index in [0.717, 1.165) is 5.56 Å². The van der Waals surface area contributed by atoms with Crippen molar-refractivity contribution in [3.63, 3.8) is 0 Å². The maximum atomic E-state index is 13.4. The molecule has 1 aromatic carbocycles. The number of hydrogen-bond acceptors (Lipinski definition) is 4. The Labute approximate surface area is 177 Å². The van der Waals surface area contributed by atoms with Gasteiger partial charge in [-0.25, -0.2) is 0 Å². The molecular formula is C23H30N4O3. The molecule has 2 saturated heterocycles. The van der Waals surface area contributed by atoms with Crippen LogP contribution < -0.4 is 0 Å². The van der Waals surface area contributed by atoms with Gasteiger partial charge in [-0.2, -0.15) is 5.10 Å². The van der Waals surface area contributed by atoms with E-state index in [9.17, 15) is 9.59 Å². The monoisotopic (exact) mass is 410 g/mol. The van der Waals surface area contributed by atoms with Gasteiger partial charge in [0.05, 0.1) is 12.2 Å². The molecule has 4 rings (SSSR count). The third kappa shape index (κ3) is 4.41. The molecule has 0 spiro atoms. The summed E-state index contributed by atoms with van der Waals surface area (Å²) in [5.74, 6) is 0.214. The molecule has 30 heavy (non-hydrogen) atoms. The molecule has 1 aromatic heterocycles. The molecule has 3 unspecified atom stereocenters. The molecule has 3 atom stereocenters. The van der Waals surface area contributed by atoms with Crippen LogP contribution in [0.5, 0.6) is 0 Å². The molecule has 0 bridgehead atoms. The molecule has 7 nitrogen and oxygen atoms in total. The van der Waals surface area contributed by atoms with Crippen LogP contribution in [0, 0.1) is 5.92 Å². The lowest BCUT2D eigenvalue weighted by Gasteiger charge is -2.39. The normalized spacial score (nSPS) is 23.9. The van der Waals surface area contributed by atoms with Crippen LogP contribution in [-0.2, 0) is 14.3 Å². The van der Waals surface area contributed by atoms with Gasteiger partial charge in [-0.15, -0.1) is 0 Å². The van der Waals surface area contributed by atoms with Gasteiger partial charge in [0, 0.05) is 44.5 Å². The molecule has 160 valence electrons. The summed E-state index contributed by atoms with van der Waals surface area (Å²) in [6.07, 6.45) is 5.06. The van der Waals surface area contributed by atoms with Gasteiger partial charge in [0.2, 0.25) is 5.91 Å². The van der Waals surface area contributed by atoms with Gasteiger partial charge in [-0.3, -0.25) is 14.3 Å². The number of aromatic nitrogens is 2. The minimum atomic E-state index is -0.477. The number of hydrogen-bond donors (Lipinski definition) is 0. The zero-order valence-corrected chi connectivity index (χ0v) is 17.7. The summed E-state index contributed by atoms with van der Waals surface area (Å²) in [4.78, 5) is 30.3. The average Bonchev–Trinajstić information content (AvgIpc) is 3.28. The number of carbonyl (C=O) groups is 2. The fourth-order valence-electron chi connectivity index (χ4n) is 4.61. The lowest BCUT2D eigenvalue weighted by molar-refractivity contribution is -0.150. The van der Waals surface area contributed by atoms with Crippen molar-refractivity contribution in [2.75, 3.05) is 26.2 Å². The van der Waals surface area contributed by atoms with Gasteiger partial charge in [0.15, 0.2) is 6.04 Å².